The monoisotopic (exact) mass is 335 g/mol. The highest BCUT2D eigenvalue weighted by Crippen LogP contribution is 2.17. The number of amides is 2. The Balaban J connectivity index is 1.76. The molecule has 0 radical (unpaired) electrons. The molecule has 0 bridgehead atoms. The van der Waals surface area contributed by atoms with Crippen molar-refractivity contribution in [3.8, 4) is 5.75 Å². The van der Waals surface area contributed by atoms with Gasteiger partial charge in [0.2, 0.25) is 5.91 Å². The average molecular weight is 335 g/mol. The summed E-state index contributed by atoms with van der Waals surface area (Å²) in [6, 6.07) is 7.04. The van der Waals surface area contributed by atoms with Crippen LogP contribution >= 0.6 is 0 Å². The highest BCUT2D eigenvalue weighted by atomic mass is 16.5. The molecule has 0 saturated carbocycles. The Bertz CT molecular complexity index is 544. The lowest BCUT2D eigenvalue weighted by molar-refractivity contribution is -0.132. The largest absolute Gasteiger partial charge is 0.484 e. The van der Waals surface area contributed by atoms with Crippen LogP contribution in [0.1, 0.15) is 12.8 Å². The van der Waals surface area contributed by atoms with E-state index >= 15 is 0 Å². The Morgan fingerprint density at radius 2 is 2.04 bits per heavy atom. The highest BCUT2D eigenvalue weighted by Gasteiger charge is 2.18. The lowest BCUT2D eigenvalue weighted by atomic mass is 10.3. The summed E-state index contributed by atoms with van der Waals surface area (Å²) in [6.45, 7) is 3.04. The normalized spacial score (nSPS) is 13.8. The zero-order chi connectivity index (χ0) is 17.2. The zero-order valence-electron chi connectivity index (χ0n) is 14.0. The molecule has 1 aromatic carbocycles. The van der Waals surface area contributed by atoms with Crippen LogP contribution in [0.2, 0.25) is 0 Å². The lowest BCUT2D eigenvalue weighted by Gasteiger charge is -2.15. The average Bonchev–Trinajstić information content (AvgIpc) is 3.12. The molecule has 1 saturated heterocycles. The van der Waals surface area contributed by atoms with E-state index in [1.165, 1.54) is 0 Å². The van der Waals surface area contributed by atoms with Gasteiger partial charge in [-0.05, 0) is 25.0 Å². The van der Waals surface area contributed by atoms with Gasteiger partial charge in [-0.25, -0.2) is 0 Å². The lowest BCUT2D eigenvalue weighted by Crippen LogP contribution is -2.32. The van der Waals surface area contributed by atoms with Crippen LogP contribution in [0, 0.1) is 0 Å². The number of benzene rings is 1. The fraction of sp³-hybridized carbons (Fsp3) is 0.529. The number of ether oxygens (including phenoxy) is 2. The first kappa shape index (κ1) is 18.2. The van der Waals surface area contributed by atoms with Crippen LogP contribution in [0.4, 0.5) is 5.69 Å². The number of hydrogen-bond acceptors (Lipinski definition) is 5. The van der Waals surface area contributed by atoms with Crippen molar-refractivity contribution in [3.63, 3.8) is 0 Å². The summed E-state index contributed by atoms with van der Waals surface area (Å²) in [5, 5.41) is 5.76. The maximum Gasteiger partial charge on any atom is 0.260 e. The minimum Gasteiger partial charge on any atom is -0.484 e. The predicted octanol–water partition coefficient (Wildman–Crippen LogP) is 0.862. The van der Waals surface area contributed by atoms with Gasteiger partial charge in [-0.2, -0.15) is 0 Å². The van der Waals surface area contributed by atoms with Crippen molar-refractivity contribution in [1.82, 2.24) is 10.2 Å². The number of likely N-dealkylation sites (tertiary alicyclic amines) is 1. The van der Waals surface area contributed by atoms with Crippen LogP contribution in [0.5, 0.6) is 5.75 Å². The van der Waals surface area contributed by atoms with Gasteiger partial charge in [0.25, 0.3) is 5.91 Å². The minimum absolute atomic E-state index is 0.00396. The van der Waals surface area contributed by atoms with Gasteiger partial charge in [-0.1, -0.05) is 6.07 Å². The van der Waals surface area contributed by atoms with E-state index in [0.29, 0.717) is 24.6 Å². The molecular weight excluding hydrogens is 310 g/mol. The van der Waals surface area contributed by atoms with Gasteiger partial charge in [0.05, 0.1) is 13.2 Å². The predicted molar refractivity (Wildman–Crippen MR) is 91.1 cm³/mol. The second kappa shape index (κ2) is 9.89. The van der Waals surface area contributed by atoms with Crippen molar-refractivity contribution < 1.29 is 19.1 Å². The molecule has 2 amide bonds. The number of carbonyl (C=O) groups excluding carboxylic acids is 2. The number of rotatable bonds is 9. The summed E-state index contributed by atoms with van der Waals surface area (Å²) in [5.74, 6) is 0.424. The van der Waals surface area contributed by atoms with Crippen molar-refractivity contribution in [2.24, 2.45) is 0 Å². The van der Waals surface area contributed by atoms with Crippen molar-refractivity contribution in [1.29, 1.82) is 0 Å². The molecule has 0 unspecified atom stereocenters. The molecule has 0 aliphatic carbocycles. The Labute approximate surface area is 142 Å². The summed E-state index contributed by atoms with van der Waals surface area (Å²) in [6.07, 6.45) is 2.12. The molecule has 1 fully saturated rings. The molecular formula is C17H25N3O4. The number of nitrogens with zero attached hydrogens (tertiary/aromatic N) is 1. The third-order valence-electron chi connectivity index (χ3n) is 3.71. The fourth-order valence-corrected chi connectivity index (χ4v) is 2.45. The van der Waals surface area contributed by atoms with Crippen LogP contribution in [0.3, 0.4) is 0 Å². The molecule has 1 heterocycles. The van der Waals surface area contributed by atoms with Gasteiger partial charge in [-0.3, -0.25) is 9.59 Å². The van der Waals surface area contributed by atoms with Gasteiger partial charge in [0.15, 0.2) is 6.61 Å². The molecule has 0 spiro atoms. The summed E-state index contributed by atoms with van der Waals surface area (Å²) in [7, 11) is 1.61. The molecule has 0 aromatic heterocycles. The van der Waals surface area contributed by atoms with E-state index in [-0.39, 0.29) is 25.0 Å². The van der Waals surface area contributed by atoms with Gasteiger partial charge in [0, 0.05) is 38.5 Å². The first-order chi connectivity index (χ1) is 11.7. The van der Waals surface area contributed by atoms with E-state index < -0.39 is 0 Å². The number of methoxy groups -OCH3 is 1. The van der Waals surface area contributed by atoms with Crippen LogP contribution in [0.25, 0.3) is 0 Å². The highest BCUT2D eigenvalue weighted by molar-refractivity contribution is 5.92. The Hall–Kier alpha value is -2.12. The Morgan fingerprint density at radius 1 is 1.25 bits per heavy atom. The molecule has 1 aliphatic rings. The van der Waals surface area contributed by atoms with Crippen molar-refractivity contribution in [2.75, 3.05) is 51.8 Å². The number of carbonyl (C=O) groups is 2. The first-order valence-corrected chi connectivity index (χ1v) is 8.19. The zero-order valence-corrected chi connectivity index (χ0v) is 14.0. The molecule has 0 atom stereocenters. The number of anilines is 1. The number of nitrogens with one attached hydrogen (secondary N) is 2. The molecule has 1 aliphatic heterocycles. The summed E-state index contributed by atoms with van der Waals surface area (Å²) < 4.78 is 10.4. The topological polar surface area (TPSA) is 79.9 Å². The second-order valence-corrected chi connectivity index (χ2v) is 5.62. The van der Waals surface area contributed by atoms with Gasteiger partial charge >= 0.3 is 0 Å². The molecule has 24 heavy (non-hydrogen) atoms. The third-order valence-corrected chi connectivity index (χ3v) is 3.71. The quantitative estimate of drug-likeness (QED) is 0.655. The first-order valence-electron chi connectivity index (χ1n) is 8.19. The Morgan fingerprint density at radius 3 is 2.79 bits per heavy atom. The fourth-order valence-electron chi connectivity index (χ4n) is 2.45. The van der Waals surface area contributed by atoms with Gasteiger partial charge in [0.1, 0.15) is 5.75 Å². The molecule has 7 nitrogen and oxygen atoms in total. The molecule has 2 N–H and O–H groups in total. The van der Waals surface area contributed by atoms with Gasteiger partial charge < -0.3 is 25.0 Å². The third kappa shape index (κ3) is 6.17. The smallest absolute Gasteiger partial charge is 0.260 e. The molecule has 7 heteroatoms. The second-order valence-electron chi connectivity index (χ2n) is 5.62. The molecule has 1 aromatic rings. The van der Waals surface area contributed by atoms with E-state index in [4.69, 9.17) is 9.47 Å². The van der Waals surface area contributed by atoms with Crippen molar-refractivity contribution in [2.45, 2.75) is 12.8 Å². The van der Waals surface area contributed by atoms with Crippen LogP contribution in [0.15, 0.2) is 24.3 Å². The summed E-state index contributed by atoms with van der Waals surface area (Å²) in [5.41, 5.74) is 0.639. The van der Waals surface area contributed by atoms with Crippen molar-refractivity contribution >= 4 is 17.5 Å². The van der Waals surface area contributed by atoms with Crippen LogP contribution < -0.4 is 15.4 Å². The standard InChI is InChI=1S/C17H25N3O4/c1-23-10-7-18-12-16(21)19-14-5-4-6-15(11-14)24-13-17(22)20-8-2-3-9-20/h4-6,11,18H,2-3,7-10,12-13H2,1H3,(H,19,21). The van der Waals surface area contributed by atoms with E-state index in [9.17, 15) is 9.59 Å². The van der Waals surface area contributed by atoms with E-state index in [1.807, 2.05) is 4.90 Å². The maximum absolute atomic E-state index is 12.0. The summed E-state index contributed by atoms with van der Waals surface area (Å²) in [4.78, 5) is 25.6. The summed E-state index contributed by atoms with van der Waals surface area (Å²) >= 11 is 0. The van der Waals surface area contributed by atoms with E-state index in [1.54, 1.807) is 31.4 Å². The van der Waals surface area contributed by atoms with Crippen molar-refractivity contribution in [3.05, 3.63) is 24.3 Å². The molecule has 2 rings (SSSR count). The van der Waals surface area contributed by atoms with E-state index in [0.717, 1.165) is 25.9 Å². The molecule has 132 valence electrons. The minimum atomic E-state index is -0.142. The SMILES string of the molecule is COCCNCC(=O)Nc1cccc(OCC(=O)N2CCCC2)c1. The maximum atomic E-state index is 12.0. The van der Waals surface area contributed by atoms with Gasteiger partial charge in [-0.15, -0.1) is 0 Å². The van der Waals surface area contributed by atoms with E-state index in [2.05, 4.69) is 10.6 Å². The van der Waals surface area contributed by atoms with Crippen LogP contribution in [-0.2, 0) is 14.3 Å². The van der Waals surface area contributed by atoms with Crippen LogP contribution in [-0.4, -0.2) is 63.2 Å². The number of hydrogen-bond donors (Lipinski definition) is 2. The Kier molecular flexibility index (Phi) is 7.51.